The second-order valence-electron chi connectivity index (χ2n) is 4.04. The molecule has 4 nitrogen and oxygen atoms in total. The summed E-state index contributed by atoms with van der Waals surface area (Å²) in [4.78, 5) is 4.32. The molecule has 0 atom stereocenters. The number of hydrogen-bond donors (Lipinski definition) is 0. The second-order valence-corrected chi connectivity index (χ2v) is 6.47. The molecule has 0 N–H and O–H groups in total. The molecule has 2 heterocycles. The van der Waals surface area contributed by atoms with Crippen LogP contribution in [0.25, 0.3) is 11.6 Å². The van der Waals surface area contributed by atoms with Gasteiger partial charge in [0.15, 0.2) is 0 Å². The van der Waals surface area contributed by atoms with E-state index in [1.165, 1.54) is 11.8 Å². The summed E-state index contributed by atoms with van der Waals surface area (Å²) < 4.78 is 5.59. The maximum atomic E-state index is 5.85. The molecule has 0 aliphatic rings. The van der Waals surface area contributed by atoms with Gasteiger partial charge < -0.3 is 4.42 Å². The Kier molecular flexibility index (Phi) is 4.05. The summed E-state index contributed by atoms with van der Waals surface area (Å²) in [6, 6.07) is 7.70. The van der Waals surface area contributed by atoms with E-state index >= 15 is 0 Å². The smallest absolute Gasteiger partial charge is 0.277 e. The molecule has 0 spiro atoms. The molecule has 0 fully saturated rings. The topological polar surface area (TPSA) is 51.8 Å². The Labute approximate surface area is 129 Å². The molecule has 20 heavy (non-hydrogen) atoms. The van der Waals surface area contributed by atoms with Crippen molar-refractivity contribution in [2.45, 2.75) is 17.9 Å². The van der Waals surface area contributed by atoms with Crippen molar-refractivity contribution in [2.24, 2.45) is 0 Å². The summed E-state index contributed by atoms with van der Waals surface area (Å²) >= 11 is 8.90. The van der Waals surface area contributed by atoms with Gasteiger partial charge in [-0.1, -0.05) is 35.5 Å². The van der Waals surface area contributed by atoms with Crippen molar-refractivity contribution in [3.05, 3.63) is 45.2 Å². The first-order valence-electron chi connectivity index (χ1n) is 5.84. The highest BCUT2D eigenvalue weighted by Crippen LogP contribution is 2.26. The fourth-order valence-corrected chi connectivity index (χ4v) is 2.99. The maximum Gasteiger partial charge on any atom is 0.277 e. The third-order valence-electron chi connectivity index (χ3n) is 2.52. The number of halogens is 1. The first-order valence-corrected chi connectivity index (χ1v) is 8.08. The first kappa shape index (κ1) is 13.6. The van der Waals surface area contributed by atoms with Gasteiger partial charge in [-0.2, -0.15) is 0 Å². The van der Waals surface area contributed by atoms with Crippen LogP contribution in [0.4, 0.5) is 0 Å². The van der Waals surface area contributed by atoms with Gasteiger partial charge >= 0.3 is 0 Å². The number of aryl methyl sites for hydroxylation is 1. The van der Waals surface area contributed by atoms with Crippen molar-refractivity contribution < 1.29 is 4.42 Å². The van der Waals surface area contributed by atoms with E-state index < -0.39 is 0 Å². The number of rotatable bonds is 4. The average molecular weight is 324 g/mol. The fraction of sp³-hybridized carbons (Fsp3) is 0.154. The van der Waals surface area contributed by atoms with Crippen LogP contribution in [-0.2, 0) is 5.75 Å². The standard InChI is InChI=1S/C13H10ClN3OS2/c1-8-15-11(7-19-8)12-16-17-13(18-12)20-6-9-2-4-10(14)5-3-9/h2-5,7H,6H2,1H3. The van der Waals surface area contributed by atoms with Crippen molar-refractivity contribution in [3.63, 3.8) is 0 Å². The highest BCUT2D eigenvalue weighted by Gasteiger charge is 2.11. The van der Waals surface area contributed by atoms with E-state index in [-0.39, 0.29) is 0 Å². The van der Waals surface area contributed by atoms with Gasteiger partial charge in [0.1, 0.15) is 5.69 Å². The Morgan fingerprint density at radius 2 is 2.05 bits per heavy atom. The summed E-state index contributed by atoms with van der Waals surface area (Å²) in [5, 5.41) is 12.2. The molecular weight excluding hydrogens is 314 g/mol. The van der Waals surface area contributed by atoms with Gasteiger partial charge in [-0.05, 0) is 24.6 Å². The Morgan fingerprint density at radius 3 is 2.75 bits per heavy atom. The van der Waals surface area contributed by atoms with Crippen LogP contribution < -0.4 is 0 Å². The second kappa shape index (κ2) is 5.95. The SMILES string of the molecule is Cc1nc(-c2nnc(SCc3ccc(Cl)cc3)o2)cs1. The first-order chi connectivity index (χ1) is 9.70. The van der Waals surface area contributed by atoms with Gasteiger partial charge in [0.05, 0.1) is 5.01 Å². The minimum absolute atomic E-state index is 0.466. The van der Waals surface area contributed by atoms with Crippen LogP contribution in [0.15, 0.2) is 39.3 Å². The Balaban J connectivity index is 1.67. The number of benzene rings is 1. The molecular formula is C13H10ClN3OS2. The highest BCUT2D eigenvalue weighted by molar-refractivity contribution is 7.98. The van der Waals surface area contributed by atoms with Gasteiger partial charge in [-0.25, -0.2) is 4.98 Å². The Morgan fingerprint density at radius 1 is 1.25 bits per heavy atom. The molecule has 3 aromatic rings. The van der Waals surface area contributed by atoms with Crippen molar-refractivity contribution in [2.75, 3.05) is 0 Å². The van der Waals surface area contributed by atoms with E-state index in [1.807, 2.05) is 36.6 Å². The minimum Gasteiger partial charge on any atom is -0.410 e. The van der Waals surface area contributed by atoms with Crippen LogP contribution >= 0.6 is 34.7 Å². The molecule has 2 aromatic heterocycles. The van der Waals surface area contributed by atoms with E-state index in [0.717, 1.165) is 27.0 Å². The molecule has 0 saturated heterocycles. The molecule has 0 bridgehead atoms. The predicted octanol–water partition coefficient (Wildman–Crippen LogP) is 4.45. The summed E-state index contributed by atoms with van der Waals surface area (Å²) in [5.74, 6) is 1.22. The summed E-state index contributed by atoms with van der Waals surface area (Å²) in [5.41, 5.74) is 1.89. The van der Waals surface area contributed by atoms with E-state index in [2.05, 4.69) is 15.2 Å². The van der Waals surface area contributed by atoms with Crippen molar-refractivity contribution in [1.82, 2.24) is 15.2 Å². The van der Waals surface area contributed by atoms with E-state index in [9.17, 15) is 0 Å². The van der Waals surface area contributed by atoms with Crippen molar-refractivity contribution in [3.8, 4) is 11.6 Å². The normalized spacial score (nSPS) is 10.9. The summed E-state index contributed by atoms with van der Waals surface area (Å²) in [6.07, 6.45) is 0. The lowest BCUT2D eigenvalue weighted by Gasteiger charge is -1.97. The predicted molar refractivity (Wildman–Crippen MR) is 81.2 cm³/mol. The number of thioether (sulfide) groups is 1. The van der Waals surface area contributed by atoms with Gasteiger partial charge in [0.2, 0.25) is 0 Å². The number of aromatic nitrogens is 3. The number of nitrogens with zero attached hydrogens (tertiary/aromatic N) is 3. The van der Waals surface area contributed by atoms with Crippen LogP contribution in [-0.4, -0.2) is 15.2 Å². The molecule has 7 heteroatoms. The molecule has 0 aliphatic heterocycles. The maximum absolute atomic E-state index is 5.85. The zero-order valence-corrected chi connectivity index (χ0v) is 12.9. The lowest BCUT2D eigenvalue weighted by Crippen LogP contribution is -1.79. The molecule has 3 rings (SSSR count). The molecule has 0 radical (unpaired) electrons. The van der Waals surface area contributed by atoms with E-state index in [1.54, 1.807) is 11.3 Å². The Hall–Kier alpha value is -1.37. The van der Waals surface area contributed by atoms with E-state index in [0.29, 0.717) is 11.1 Å². The third kappa shape index (κ3) is 3.20. The molecule has 0 saturated carbocycles. The number of hydrogen-bond acceptors (Lipinski definition) is 6. The van der Waals surface area contributed by atoms with Crippen molar-refractivity contribution >= 4 is 34.7 Å². The molecule has 0 aliphatic carbocycles. The molecule has 102 valence electrons. The lowest BCUT2D eigenvalue weighted by molar-refractivity contribution is 0.464. The van der Waals surface area contributed by atoms with Crippen LogP contribution in [0.2, 0.25) is 5.02 Å². The van der Waals surface area contributed by atoms with Crippen LogP contribution in [0, 0.1) is 6.92 Å². The minimum atomic E-state index is 0.466. The Bertz CT molecular complexity index is 708. The quantitative estimate of drug-likeness (QED) is 0.664. The third-order valence-corrected chi connectivity index (χ3v) is 4.44. The lowest BCUT2D eigenvalue weighted by atomic mass is 10.2. The zero-order valence-electron chi connectivity index (χ0n) is 10.5. The van der Waals surface area contributed by atoms with Crippen LogP contribution in [0.1, 0.15) is 10.6 Å². The summed E-state index contributed by atoms with van der Waals surface area (Å²) in [7, 11) is 0. The van der Waals surface area contributed by atoms with Gasteiger partial charge in [-0.3, -0.25) is 0 Å². The average Bonchev–Trinajstić information content (AvgIpc) is 3.07. The molecule has 0 unspecified atom stereocenters. The largest absolute Gasteiger partial charge is 0.410 e. The van der Waals surface area contributed by atoms with Crippen molar-refractivity contribution in [1.29, 1.82) is 0 Å². The fourth-order valence-electron chi connectivity index (χ4n) is 1.56. The van der Waals surface area contributed by atoms with Gasteiger partial charge in [0, 0.05) is 16.2 Å². The number of thiazole rings is 1. The highest BCUT2D eigenvalue weighted by atomic mass is 35.5. The summed E-state index contributed by atoms with van der Waals surface area (Å²) in [6.45, 7) is 1.95. The monoisotopic (exact) mass is 323 g/mol. The van der Waals surface area contributed by atoms with E-state index in [4.69, 9.17) is 16.0 Å². The van der Waals surface area contributed by atoms with Crippen LogP contribution in [0.3, 0.4) is 0 Å². The molecule has 1 aromatic carbocycles. The van der Waals surface area contributed by atoms with Gasteiger partial charge in [0.25, 0.3) is 11.1 Å². The molecule has 0 amide bonds. The van der Waals surface area contributed by atoms with Gasteiger partial charge in [-0.15, -0.1) is 21.5 Å². The zero-order chi connectivity index (χ0) is 13.9. The van der Waals surface area contributed by atoms with Crippen LogP contribution in [0.5, 0.6) is 0 Å².